The molecule has 1 aromatic heterocycles. The normalized spacial score (nSPS) is 14.3. The van der Waals surface area contributed by atoms with E-state index in [4.69, 9.17) is 19.2 Å². The standard InChI is InChI=1S/C59H35B3N4O3/c1-4-16-36(17-5-1)64-45-24-14-28-52-56(45)60(39-22-10-12-26-50(39)67-52)41-32-42-48(34-47(41)64)66(38-20-8-3-9-21-38)59-58-54(30-31-63-59)69-55-35-49-43(33-44(55)62(42)58)61-40-23-11-13-27-51(40)68-53-29-15-25-46(57(53)61)65(49)37-18-6-2-7-19-37/h1-35H. The fourth-order valence-electron chi connectivity index (χ4n) is 12.3. The fraction of sp³-hybridized carbons (Fsp3) is 0. The molecule has 0 radical (unpaired) electrons. The first-order valence-electron chi connectivity index (χ1n) is 23.6. The monoisotopic (exact) mass is 880 g/mol. The molecule has 0 bridgehead atoms. The summed E-state index contributed by atoms with van der Waals surface area (Å²) in [5.41, 5.74) is 19.0. The van der Waals surface area contributed by atoms with E-state index in [0.29, 0.717) is 0 Å². The first-order chi connectivity index (χ1) is 34.2. The van der Waals surface area contributed by atoms with Crippen molar-refractivity contribution in [1.82, 2.24) is 4.98 Å². The quantitative estimate of drug-likeness (QED) is 0.166. The van der Waals surface area contributed by atoms with Gasteiger partial charge in [-0.2, -0.15) is 0 Å². The van der Waals surface area contributed by atoms with Gasteiger partial charge < -0.3 is 24.0 Å². The molecule has 9 aromatic carbocycles. The van der Waals surface area contributed by atoms with Crippen LogP contribution in [0.3, 0.4) is 0 Å². The number of rotatable bonds is 3. The zero-order valence-corrected chi connectivity index (χ0v) is 37.0. The lowest BCUT2D eigenvalue weighted by atomic mass is 9.29. The fourth-order valence-corrected chi connectivity index (χ4v) is 12.3. The van der Waals surface area contributed by atoms with Crippen molar-refractivity contribution in [2.45, 2.75) is 0 Å². The van der Waals surface area contributed by atoms with Crippen LogP contribution < -0.4 is 78.1 Å². The summed E-state index contributed by atoms with van der Waals surface area (Å²) in [5, 5.41) is 0. The van der Waals surface area contributed by atoms with Crippen molar-refractivity contribution in [3.05, 3.63) is 212 Å². The van der Waals surface area contributed by atoms with Gasteiger partial charge in [-0.3, -0.25) is 4.90 Å². The molecule has 0 unspecified atom stereocenters. The van der Waals surface area contributed by atoms with E-state index in [1.165, 1.54) is 21.9 Å². The van der Waals surface area contributed by atoms with Crippen LogP contribution in [0.25, 0.3) is 0 Å². The molecule has 0 fully saturated rings. The van der Waals surface area contributed by atoms with Crippen LogP contribution in [-0.4, -0.2) is 25.1 Å². The predicted molar refractivity (Wildman–Crippen MR) is 282 cm³/mol. The summed E-state index contributed by atoms with van der Waals surface area (Å²) in [5.74, 6) is 6.01. The van der Waals surface area contributed by atoms with Gasteiger partial charge in [-0.1, -0.05) is 115 Å². The summed E-state index contributed by atoms with van der Waals surface area (Å²) in [6, 6.07) is 73.8. The van der Waals surface area contributed by atoms with Gasteiger partial charge in [0.15, 0.2) is 0 Å². The molecule has 16 rings (SSSR count). The minimum atomic E-state index is -0.230. The number of aromatic nitrogens is 1. The molecule has 7 heterocycles. The molecule has 0 amide bonds. The summed E-state index contributed by atoms with van der Waals surface area (Å²) < 4.78 is 20.8. The second-order valence-electron chi connectivity index (χ2n) is 18.5. The highest BCUT2D eigenvalue weighted by Gasteiger charge is 2.49. The van der Waals surface area contributed by atoms with Gasteiger partial charge >= 0.3 is 0 Å². The number of nitrogens with zero attached hydrogens (tertiary/aromatic N) is 4. The number of pyridine rings is 1. The summed E-state index contributed by atoms with van der Waals surface area (Å²) in [7, 11) is 0. The van der Waals surface area contributed by atoms with Gasteiger partial charge in [0.2, 0.25) is 0 Å². The van der Waals surface area contributed by atoms with Crippen molar-refractivity contribution in [3.63, 3.8) is 0 Å². The summed E-state index contributed by atoms with van der Waals surface area (Å²) in [6.45, 7) is -0.402. The Hall–Kier alpha value is -8.88. The molecule has 6 aliphatic heterocycles. The summed E-state index contributed by atoms with van der Waals surface area (Å²) >= 11 is 0. The van der Waals surface area contributed by atoms with Crippen molar-refractivity contribution >= 4 is 121 Å². The Morgan fingerprint density at radius 1 is 0.290 bits per heavy atom. The third-order valence-corrected chi connectivity index (χ3v) is 15.0. The predicted octanol–water partition coefficient (Wildman–Crippen LogP) is 8.30. The van der Waals surface area contributed by atoms with E-state index in [0.717, 1.165) is 113 Å². The highest BCUT2D eigenvalue weighted by molar-refractivity contribution is 7.03. The maximum atomic E-state index is 7.24. The molecule has 6 aliphatic rings. The zero-order chi connectivity index (χ0) is 44.9. The van der Waals surface area contributed by atoms with E-state index in [2.05, 4.69) is 215 Å². The average Bonchev–Trinajstić information content (AvgIpc) is 3.40. The summed E-state index contributed by atoms with van der Waals surface area (Å²) in [6.07, 6.45) is 1.90. The van der Waals surface area contributed by atoms with Crippen molar-refractivity contribution in [1.29, 1.82) is 0 Å². The third-order valence-electron chi connectivity index (χ3n) is 15.0. The lowest BCUT2D eigenvalue weighted by Gasteiger charge is -2.44. The van der Waals surface area contributed by atoms with Gasteiger partial charge in [-0.05, 0) is 129 Å². The van der Waals surface area contributed by atoms with Gasteiger partial charge in [0, 0.05) is 63.2 Å². The molecular formula is C59H35B3N4O3. The van der Waals surface area contributed by atoms with E-state index < -0.39 is 0 Å². The van der Waals surface area contributed by atoms with E-state index in [9.17, 15) is 0 Å². The van der Waals surface area contributed by atoms with Crippen molar-refractivity contribution in [3.8, 4) is 34.5 Å². The van der Waals surface area contributed by atoms with Crippen LogP contribution in [-0.2, 0) is 0 Å². The Labute approximate surface area is 399 Å². The van der Waals surface area contributed by atoms with Crippen LogP contribution in [0, 0.1) is 0 Å². The van der Waals surface area contributed by atoms with Crippen LogP contribution >= 0.6 is 0 Å². The largest absolute Gasteiger partial charge is 0.458 e. The van der Waals surface area contributed by atoms with Gasteiger partial charge in [-0.25, -0.2) is 4.98 Å². The lowest BCUT2D eigenvalue weighted by Crippen LogP contribution is -2.65. The number of hydrogen-bond donors (Lipinski definition) is 0. The Kier molecular flexibility index (Phi) is 7.47. The van der Waals surface area contributed by atoms with Crippen LogP contribution in [0.5, 0.6) is 34.5 Å². The first kappa shape index (κ1) is 37.2. The first-order valence-corrected chi connectivity index (χ1v) is 23.6. The molecule has 10 heteroatoms. The Bertz CT molecular complexity index is 3840. The SMILES string of the molecule is c1ccc(N2c3cc4c(cc3B3c5ccccc5Oc5cccc2c53)B2c3cc5c(cc3N(c3ccccc3)c3nccc(c32)O4)N(c2ccccc2)c2cccc3c2B5c2ccccc2O3)cc1. The number of ether oxygens (including phenoxy) is 3. The molecule has 0 atom stereocenters. The number of hydrogen-bond acceptors (Lipinski definition) is 7. The topological polar surface area (TPSA) is 50.3 Å². The molecule has 0 saturated carbocycles. The van der Waals surface area contributed by atoms with Crippen LogP contribution in [0.1, 0.15) is 0 Å². The summed E-state index contributed by atoms with van der Waals surface area (Å²) in [4.78, 5) is 12.4. The average molecular weight is 880 g/mol. The Balaban J connectivity index is 1.00. The maximum absolute atomic E-state index is 7.24. The molecule has 0 aliphatic carbocycles. The van der Waals surface area contributed by atoms with Crippen LogP contribution in [0.2, 0.25) is 0 Å². The Morgan fingerprint density at radius 3 is 1.28 bits per heavy atom. The zero-order valence-electron chi connectivity index (χ0n) is 37.0. The molecule has 0 spiro atoms. The molecular weight excluding hydrogens is 845 g/mol. The number of fused-ring (bicyclic) bond motifs is 12. The Morgan fingerprint density at radius 2 is 0.710 bits per heavy atom. The number of anilines is 9. The van der Waals surface area contributed by atoms with Crippen molar-refractivity contribution in [2.24, 2.45) is 0 Å². The second kappa shape index (κ2) is 13.8. The minimum absolute atomic E-state index is 0.0858. The molecule has 69 heavy (non-hydrogen) atoms. The molecule has 0 saturated heterocycles. The highest BCUT2D eigenvalue weighted by atomic mass is 16.5. The molecule has 0 N–H and O–H groups in total. The van der Waals surface area contributed by atoms with Crippen LogP contribution in [0.4, 0.5) is 51.3 Å². The van der Waals surface area contributed by atoms with Crippen molar-refractivity contribution < 1.29 is 14.2 Å². The third kappa shape index (κ3) is 5.07. The maximum Gasteiger partial charge on any atom is 0.258 e. The molecule has 318 valence electrons. The van der Waals surface area contributed by atoms with E-state index >= 15 is 0 Å². The van der Waals surface area contributed by atoms with Crippen molar-refractivity contribution in [2.75, 3.05) is 14.7 Å². The molecule has 7 nitrogen and oxygen atoms in total. The lowest BCUT2D eigenvalue weighted by molar-refractivity contribution is 0.486. The minimum Gasteiger partial charge on any atom is -0.458 e. The van der Waals surface area contributed by atoms with Crippen LogP contribution in [0.15, 0.2) is 212 Å². The highest BCUT2D eigenvalue weighted by Crippen LogP contribution is 2.47. The van der Waals surface area contributed by atoms with E-state index in [1.54, 1.807) is 0 Å². The van der Waals surface area contributed by atoms with E-state index in [-0.39, 0.29) is 20.1 Å². The van der Waals surface area contributed by atoms with E-state index in [1.807, 2.05) is 12.3 Å². The smallest absolute Gasteiger partial charge is 0.258 e. The van der Waals surface area contributed by atoms with Gasteiger partial charge in [0.25, 0.3) is 20.1 Å². The van der Waals surface area contributed by atoms with Gasteiger partial charge in [0.1, 0.15) is 40.3 Å². The van der Waals surface area contributed by atoms with Gasteiger partial charge in [-0.15, -0.1) is 0 Å². The number of para-hydroxylation sites is 5. The number of benzene rings is 9. The molecule has 10 aromatic rings. The second-order valence-corrected chi connectivity index (χ2v) is 18.5. The van der Waals surface area contributed by atoms with Gasteiger partial charge in [0.05, 0.1) is 0 Å².